The number of fused-ring (bicyclic) bond motifs is 8. The third-order valence-corrected chi connectivity index (χ3v) is 14.2. The Morgan fingerprint density at radius 3 is 1.19 bits per heavy atom. The smallest absolute Gasteiger partial charge is 0.143 e. The number of benzene rings is 11. The fourth-order valence-corrected chi connectivity index (χ4v) is 11.0. The van der Waals surface area contributed by atoms with Crippen LogP contribution < -0.4 is 0 Å². The number of pyridine rings is 2. The van der Waals surface area contributed by atoms with E-state index in [9.17, 15) is 0 Å². The van der Waals surface area contributed by atoms with Gasteiger partial charge in [-0.1, -0.05) is 224 Å². The van der Waals surface area contributed by atoms with Gasteiger partial charge < -0.3 is 4.42 Å². The minimum absolute atomic E-state index is 0.844. The molecule has 14 rings (SSSR count). The monoisotopic (exact) mass is 876 g/mol. The predicted molar refractivity (Wildman–Crippen MR) is 289 cm³/mol. The van der Waals surface area contributed by atoms with Crippen LogP contribution in [0, 0.1) is 0 Å². The van der Waals surface area contributed by atoms with Crippen LogP contribution in [0.2, 0.25) is 0 Å². The summed E-state index contributed by atoms with van der Waals surface area (Å²) in [6, 6.07) is 85.2. The first-order valence-corrected chi connectivity index (χ1v) is 23.6. The van der Waals surface area contributed by atoms with Gasteiger partial charge >= 0.3 is 0 Å². The molecule has 0 aliphatic heterocycles. The lowest BCUT2D eigenvalue weighted by atomic mass is 9.84. The second kappa shape index (κ2) is 15.7. The number of hydrogen-bond acceptors (Lipinski definition) is 3. The van der Waals surface area contributed by atoms with Crippen LogP contribution in [0.5, 0.6) is 0 Å². The lowest BCUT2D eigenvalue weighted by Crippen LogP contribution is -1.93. The molecule has 0 aliphatic carbocycles. The first-order chi connectivity index (χ1) is 34.2. The summed E-state index contributed by atoms with van der Waals surface area (Å²) in [6.45, 7) is 0. The van der Waals surface area contributed by atoms with E-state index in [0.717, 1.165) is 121 Å². The van der Waals surface area contributed by atoms with Gasteiger partial charge in [0, 0.05) is 44.8 Å². The number of aromatic nitrogens is 2. The molecule has 14 aromatic rings. The van der Waals surface area contributed by atoms with Gasteiger partial charge in [0.1, 0.15) is 11.5 Å². The molecular weight excluding hydrogens is 837 g/mol. The quantitative estimate of drug-likeness (QED) is 0.156. The van der Waals surface area contributed by atoms with Crippen LogP contribution in [0.15, 0.2) is 247 Å². The van der Waals surface area contributed by atoms with E-state index in [-0.39, 0.29) is 0 Å². The Kier molecular flexibility index (Phi) is 8.90. The van der Waals surface area contributed by atoms with E-state index < -0.39 is 0 Å². The molecule has 0 unspecified atom stereocenters. The molecule has 3 aromatic heterocycles. The van der Waals surface area contributed by atoms with E-state index in [1.807, 2.05) is 12.3 Å². The molecule has 0 saturated carbocycles. The van der Waals surface area contributed by atoms with Gasteiger partial charge in [0.15, 0.2) is 0 Å². The van der Waals surface area contributed by atoms with Gasteiger partial charge in [0.25, 0.3) is 0 Å². The first kappa shape index (κ1) is 39.0. The van der Waals surface area contributed by atoms with Crippen LogP contribution in [0.1, 0.15) is 0 Å². The average Bonchev–Trinajstić information content (AvgIpc) is 3.81. The highest BCUT2D eigenvalue weighted by molar-refractivity contribution is 6.18. The summed E-state index contributed by atoms with van der Waals surface area (Å²) in [5, 5.41) is 13.7. The van der Waals surface area contributed by atoms with Crippen molar-refractivity contribution in [3.63, 3.8) is 0 Å². The third kappa shape index (κ3) is 6.21. The third-order valence-electron chi connectivity index (χ3n) is 14.2. The van der Waals surface area contributed by atoms with Crippen molar-refractivity contribution in [2.45, 2.75) is 0 Å². The van der Waals surface area contributed by atoms with E-state index in [0.29, 0.717) is 0 Å². The summed E-state index contributed by atoms with van der Waals surface area (Å²) in [4.78, 5) is 10.0. The van der Waals surface area contributed by atoms with E-state index in [1.165, 1.54) is 21.5 Å². The van der Waals surface area contributed by atoms with Crippen molar-refractivity contribution in [1.29, 1.82) is 0 Å². The Balaban J connectivity index is 1.05. The zero-order valence-electron chi connectivity index (χ0n) is 37.4. The van der Waals surface area contributed by atoms with Gasteiger partial charge in [-0.3, -0.25) is 4.98 Å². The summed E-state index contributed by atoms with van der Waals surface area (Å²) >= 11 is 0. The highest BCUT2D eigenvalue weighted by atomic mass is 16.3. The first-order valence-electron chi connectivity index (χ1n) is 23.6. The van der Waals surface area contributed by atoms with Gasteiger partial charge in [-0.05, 0) is 88.2 Å². The van der Waals surface area contributed by atoms with Crippen molar-refractivity contribution >= 4 is 75.7 Å². The van der Waals surface area contributed by atoms with E-state index in [2.05, 4.69) is 231 Å². The highest BCUT2D eigenvalue weighted by Gasteiger charge is 2.29. The molecule has 0 saturated heterocycles. The van der Waals surface area contributed by atoms with Gasteiger partial charge in [-0.15, -0.1) is 0 Å². The van der Waals surface area contributed by atoms with Crippen molar-refractivity contribution < 1.29 is 4.42 Å². The van der Waals surface area contributed by atoms with Crippen molar-refractivity contribution in [3.05, 3.63) is 243 Å². The maximum Gasteiger partial charge on any atom is 0.143 e. The van der Waals surface area contributed by atoms with Crippen LogP contribution in [-0.4, -0.2) is 9.97 Å². The van der Waals surface area contributed by atoms with Crippen LogP contribution in [0.4, 0.5) is 0 Å². The number of nitrogens with zero attached hydrogens (tertiary/aromatic N) is 2. The topological polar surface area (TPSA) is 38.9 Å². The Bertz CT molecular complexity index is 4370. The van der Waals surface area contributed by atoms with E-state index in [1.54, 1.807) is 0 Å². The maximum atomic E-state index is 7.61. The molecule has 0 bridgehead atoms. The molecule has 0 atom stereocenters. The SMILES string of the molecule is c1ccc2c(-c3oc(-c4cccc5ccccc45)c(-c4ccc(-c5ccc(-c6ccc7ccc8cccnc8c7n6)c6ccccc56)c5ccccc45)c3-c3cccc4ccccc34)cccc2c1. The number of hydrogen-bond donors (Lipinski definition) is 0. The molecule has 0 aliphatic rings. The van der Waals surface area contributed by atoms with Gasteiger partial charge in [0.2, 0.25) is 0 Å². The molecule has 3 heteroatoms. The van der Waals surface area contributed by atoms with Crippen molar-refractivity contribution in [2.24, 2.45) is 0 Å². The van der Waals surface area contributed by atoms with Crippen LogP contribution in [0.3, 0.4) is 0 Å². The minimum atomic E-state index is 0.844. The molecule has 11 aromatic carbocycles. The second-order valence-electron chi connectivity index (χ2n) is 17.9. The molecule has 3 nitrogen and oxygen atoms in total. The van der Waals surface area contributed by atoms with Crippen LogP contribution in [0.25, 0.3) is 143 Å². The van der Waals surface area contributed by atoms with Crippen molar-refractivity contribution in [2.75, 3.05) is 0 Å². The lowest BCUT2D eigenvalue weighted by Gasteiger charge is -2.17. The predicted octanol–water partition coefficient (Wildman–Crippen LogP) is 18.1. The summed E-state index contributed by atoms with van der Waals surface area (Å²) in [5.74, 6) is 1.69. The number of furan rings is 1. The zero-order valence-corrected chi connectivity index (χ0v) is 37.4. The van der Waals surface area contributed by atoms with E-state index >= 15 is 0 Å². The summed E-state index contributed by atoms with van der Waals surface area (Å²) in [6.07, 6.45) is 1.85. The Morgan fingerprint density at radius 2 is 0.623 bits per heavy atom. The molecule has 0 amide bonds. The lowest BCUT2D eigenvalue weighted by molar-refractivity contribution is 0.600. The van der Waals surface area contributed by atoms with Gasteiger partial charge in [-0.2, -0.15) is 0 Å². The van der Waals surface area contributed by atoms with Gasteiger partial charge in [0.05, 0.1) is 16.7 Å². The summed E-state index contributed by atoms with van der Waals surface area (Å²) in [5.41, 5.74) is 12.6. The Hall–Kier alpha value is -9.18. The molecule has 0 N–H and O–H groups in total. The van der Waals surface area contributed by atoms with E-state index in [4.69, 9.17) is 14.4 Å². The number of rotatable bonds is 6. The molecule has 3 heterocycles. The van der Waals surface area contributed by atoms with Gasteiger partial charge in [-0.25, -0.2) is 4.98 Å². The molecule has 0 fully saturated rings. The molecule has 0 spiro atoms. The van der Waals surface area contributed by atoms with Crippen LogP contribution >= 0.6 is 0 Å². The second-order valence-corrected chi connectivity index (χ2v) is 17.9. The standard InChI is InChI=1S/C66H40N2O/c1-4-22-46-41(15-1)18-11-29-56(46)61-62(66(59-31-13-20-43-17-3-6-24-48(43)59)69-65(61)58-30-12-19-42-16-2-5-23-47(42)58)57-38-36-54(50-26-8-10-28-52(50)57)53-35-37-55(51-27-9-7-25-49(51)53)60-39-34-45-33-32-44-21-14-40-67-63(44)64(45)68-60/h1-40H. The molecule has 69 heavy (non-hydrogen) atoms. The molecule has 0 radical (unpaired) electrons. The molecule has 320 valence electrons. The maximum absolute atomic E-state index is 7.61. The van der Waals surface area contributed by atoms with Crippen molar-refractivity contribution in [1.82, 2.24) is 9.97 Å². The van der Waals surface area contributed by atoms with Crippen LogP contribution in [-0.2, 0) is 0 Å². The highest BCUT2D eigenvalue weighted by Crippen LogP contribution is 2.54. The molecular formula is C66H40N2O. The average molecular weight is 877 g/mol. The van der Waals surface area contributed by atoms with Crippen molar-refractivity contribution in [3.8, 4) is 67.3 Å². The fraction of sp³-hybridized carbons (Fsp3) is 0. The summed E-state index contributed by atoms with van der Waals surface area (Å²) in [7, 11) is 0. The zero-order chi connectivity index (χ0) is 45.4. The summed E-state index contributed by atoms with van der Waals surface area (Å²) < 4.78 is 7.61. The Morgan fingerprint density at radius 1 is 0.246 bits per heavy atom. The normalized spacial score (nSPS) is 11.8. The largest absolute Gasteiger partial charge is 0.455 e. The fourth-order valence-electron chi connectivity index (χ4n) is 11.0. The Labute approximate surface area is 398 Å². The minimum Gasteiger partial charge on any atom is -0.455 e.